The lowest BCUT2D eigenvalue weighted by molar-refractivity contribution is 0.112. The Labute approximate surface area is 198 Å². The highest BCUT2D eigenvalue weighted by Gasteiger charge is 2.09. The number of aldehydes is 1. The second-order valence-corrected chi connectivity index (χ2v) is 8.27. The molecular weight excluding hydrogens is 436 g/mol. The molecule has 0 saturated heterocycles. The summed E-state index contributed by atoms with van der Waals surface area (Å²) in [6.07, 6.45) is 6.48. The first kappa shape index (κ1) is 23.1. The molecule has 0 amide bonds. The summed E-state index contributed by atoms with van der Waals surface area (Å²) in [4.78, 5) is 20.1. The molecule has 0 radical (unpaired) electrons. The van der Waals surface area contributed by atoms with Crippen LogP contribution in [-0.2, 0) is 11.3 Å². The number of fused-ring (bicyclic) bond motifs is 3. The summed E-state index contributed by atoms with van der Waals surface area (Å²) >= 11 is 6.00. The number of ether oxygens (including phenoxy) is 1. The van der Waals surface area contributed by atoms with Crippen molar-refractivity contribution in [1.29, 1.82) is 0 Å². The average molecular weight is 463 g/mol. The quantitative estimate of drug-likeness (QED) is 0.170. The van der Waals surface area contributed by atoms with E-state index in [1.165, 1.54) is 5.56 Å². The summed E-state index contributed by atoms with van der Waals surface area (Å²) in [5.41, 5.74) is 2.57. The Kier molecular flexibility index (Phi) is 8.19. The molecule has 0 spiro atoms. The van der Waals surface area contributed by atoms with Crippen molar-refractivity contribution in [2.45, 2.75) is 19.4 Å². The molecule has 2 aromatic carbocycles. The van der Waals surface area contributed by atoms with E-state index in [0.29, 0.717) is 18.7 Å². The SMILES string of the molecule is O=Cc1ccc2c(c1)nc(NCCOCCCCNCc1cccc(Cl)c1)c1ccncc12. The molecule has 0 unspecified atom stereocenters. The second kappa shape index (κ2) is 11.7. The number of rotatable bonds is 12. The minimum Gasteiger partial charge on any atom is -0.380 e. The monoisotopic (exact) mass is 462 g/mol. The van der Waals surface area contributed by atoms with Gasteiger partial charge >= 0.3 is 0 Å². The van der Waals surface area contributed by atoms with Crippen LogP contribution in [0.15, 0.2) is 60.9 Å². The maximum Gasteiger partial charge on any atom is 0.150 e. The van der Waals surface area contributed by atoms with Crippen molar-refractivity contribution in [2.24, 2.45) is 0 Å². The van der Waals surface area contributed by atoms with Gasteiger partial charge in [0.15, 0.2) is 0 Å². The van der Waals surface area contributed by atoms with E-state index in [-0.39, 0.29) is 0 Å². The first-order valence-corrected chi connectivity index (χ1v) is 11.5. The van der Waals surface area contributed by atoms with Gasteiger partial charge in [-0.15, -0.1) is 0 Å². The number of carbonyl (C=O) groups excluding carboxylic acids is 1. The lowest BCUT2D eigenvalue weighted by Crippen LogP contribution is -2.16. The molecule has 4 rings (SSSR count). The fourth-order valence-corrected chi connectivity index (χ4v) is 3.96. The molecule has 0 aliphatic carbocycles. The van der Waals surface area contributed by atoms with Crippen molar-refractivity contribution in [2.75, 3.05) is 31.6 Å². The predicted octanol–water partition coefficient (Wildman–Crippen LogP) is 5.25. The third-order valence-corrected chi connectivity index (χ3v) is 5.64. The first-order chi connectivity index (χ1) is 16.2. The number of carbonyl (C=O) groups is 1. The van der Waals surface area contributed by atoms with Crippen LogP contribution in [0.4, 0.5) is 5.82 Å². The van der Waals surface area contributed by atoms with Gasteiger partial charge in [-0.25, -0.2) is 4.98 Å². The summed E-state index contributed by atoms with van der Waals surface area (Å²) in [6, 6.07) is 15.4. The topological polar surface area (TPSA) is 76.1 Å². The molecule has 2 N–H and O–H groups in total. The maximum absolute atomic E-state index is 11.2. The standard InChI is InChI=1S/C26H27ClN4O2/c27-21-5-3-4-19(14-21)16-28-9-1-2-12-33-13-11-30-26-23-8-10-29-17-24(23)22-7-6-20(18-32)15-25(22)31-26/h3-8,10,14-15,17-18,28H,1-2,9,11-13,16H2,(H,30,31). The third kappa shape index (κ3) is 6.26. The van der Waals surface area contributed by atoms with Gasteiger partial charge in [0.1, 0.15) is 12.1 Å². The first-order valence-electron chi connectivity index (χ1n) is 11.1. The molecular formula is C26H27ClN4O2. The second-order valence-electron chi connectivity index (χ2n) is 7.83. The Bertz CT molecular complexity index is 1230. The lowest BCUT2D eigenvalue weighted by atomic mass is 10.1. The van der Waals surface area contributed by atoms with E-state index < -0.39 is 0 Å². The number of halogens is 1. The number of nitrogens with zero attached hydrogens (tertiary/aromatic N) is 2. The zero-order chi connectivity index (χ0) is 22.9. The van der Waals surface area contributed by atoms with Crippen LogP contribution in [0.1, 0.15) is 28.8 Å². The molecule has 0 atom stereocenters. The van der Waals surface area contributed by atoms with Gasteiger partial charge in [0.25, 0.3) is 0 Å². The molecule has 4 aromatic rings. The zero-order valence-corrected chi connectivity index (χ0v) is 19.1. The number of benzene rings is 2. The number of aromatic nitrogens is 2. The Hall–Kier alpha value is -3.06. The Morgan fingerprint density at radius 1 is 0.970 bits per heavy atom. The van der Waals surface area contributed by atoms with Crippen LogP contribution < -0.4 is 10.6 Å². The highest BCUT2D eigenvalue weighted by molar-refractivity contribution is 6.30. The molecule has 170 valence electrons. The number of nitrogens with one attached hydrogen (secondary N) is 2. The van der Waals surface area contributed by atoms with Crippen molar-refractivity contribution in [3.05, 3.63) is 77.1 Å². The van der Waals surface area contributed by atoms with E-state index in [1.807, 2.05) is 36.5 Å². The normalized spacial score (nSPS) is 11.2. The van der Waals surface area contributed by atoms with Gasteiger partial charge in [-0.1, -0.05) is 35.9 Å². The van der Waals surface area contributed by atoms with E-state index in [9.17, 15) is 4.79 Å². The van der Waals surface area contributed by atoms with Crippen LogP contribution in [0.3, 0.4) is 0 Å². The highest BCUT2D eigenvalue weighted by atomic mass is 35.5. The van der Waals surface area contributed by atoms with Gasteiger partial charge in [0, 0.05) is 58.8 Å². The summed E-state index contributed by atoms with van der Waals surface area (Å²) in [5, 5.41) is 10.6. The van der Waals surface area contributed by atoms with Crippen LogP contribution in [0, 0.1) is 0 Å². The molecule has 33 heavy (non-hydrogen) atoms. The summed E-state index contributed by atoms with van der Waals surface area (Å²) in [7, 11) is 0. The summed E-state index contributed by atoms with van der Waals surface area (Å²) < 4.78 is 5.78. The van der Waals surface area contributed by atoms with Gasteiger partial charge in [-0.3, -0.25) is 9.78 Å². The van der Waals surface area contributed by atoms with E-state index in [2.05, 4.69) is 21.7 Å². The lowest BCUT2D eigenvalue weighted by Gasteiger charge is -2.12. The maximum atomic E-state index is 11.2. The Balaban J connectivity index is 1.20. The molecule has 0 aliphatic rings. The van der Waals surface area contributed by atoms with E-state index in [1.54, 1.807) is 18.3 Å². The van der Waals surface area contributed by atoms with Crippen molar-refractivity contribution < 1.29 is 9.53 Å². The van der Waals surface area contributed by atoms with Crippen molar-refractivity contribution in [3.8, 4) is 0 Å². The van der Waals surface area contributed by atoms with Crippen LogP contribution in [-0.4, -0.2) is 42.6 Å². The van der Waals surface area contributed by atoms with Gasteiger partial charge in [0.05, 0.1) is 12.1 Å². The van der Waals surface area contributed by atoms with Crippen molar-refractivity contribution >= 4 is 45.4 Å². The molecule has 7 heteroatoms. The molecule has 0 bridgehead atoms. The summed E-state index contributed by atoms with van der Waals surface area (Å²) in [6.45, 7) is 3.73. The van der Waals surface area contributed by atoms with E-state index >= 15 is 0 Å². The Morgan fingerprint density at radius 2 is 1.91 bits per heavy atom. The largest absolute Gasteiger partial charge is 0.380 e. The van der Waals surface area contributed by atoms with Crippen LogP contribution >= 0.6 is 11.6 Å². The zero-order valence-electron chi connectivity index (χ0n) is 18.4. The van der Waals surface area contributed by atoms with Gasteiger partial charge in [-0.05, 0) is 49.2 Å². The molecule has 0 saturated carbocycles. The van der Waals surface area contributed by atoms with Gasteiger partial charge in [0.2, 0.25) is 0 Å². The molecule has 0 aliphatic heterocycles. The van der Waals surface area contributed by atoms with Gasteiger partial charge < -0.3 is 15.4 Å². The highest BCUT2D eigenvalue weighted by Crippen LogP contribution is 2.28. The van der Waals surface area contributed by atoms with Crippen molar-refractivity contribution in [1.82, 2.24) is 15.3 Å². The number of anilines is 1. The van der Waals surface area contributed by atoms with Crippen molar-refractivity contribution in [3.63, 3.8) is 0 Å². The number of hydrogen-bond donors (Lipinski definition) is 2. The minimum absolute atomic E-state index is 0.594. The van der Waals surface area contributed by atoms with E-state index in [0.717, 1.165) is 71.3 Å². The van der Waals surface area contributed by atoms with Crippen LogP contribution in [0.2, 0.25) is 5.02 Å². The van der Waals surface area contributed by atoms with Crippen LogP contribution in [0.5, 0.6) is 0 Å². The predicted molar refractivity (Wildman–Crippen MR) is 134 cm³/mol. The summed E-state index contributed by atoms with van der Waals surface area (Å²) in [5.74, 6) is 0.775. The van der Waals surface area contributed by atoms with Gasteiger partial charge in [-0.2, -0.15) is 0 Å². The van der Waals surface area contributed by atoms with E-state index in [4.69, 9.17) is 21.3 Å². The Morgan fingerprint density at radius 3 is 2.79 bits per heavy atom. The fourth-order valence-electron chi connectivity index (χ4n) is 3.75. The number of unbranched alkanes of at least 4 members (excludes halogenated alkanes) is 1. The number of pyridine rings is 2. The number of hydrogen-bond acceptors (Lipinski definition) is 6. The molecule has 6 nitrogen and oxygen atoms in total. The fraction of sp³-hybridized carbons (Fsp3) is 0.269. The third-order valence-electron chi connectivity index (χ3n) is 5.41. The molecule has 2 heterocycles. The average Bonchev–Trinajstić information content (AvgIpc) is 2.84. The molecule has 0 fully saturated rings. The van der Waals surface area contributed by atoms with Crippen LogP contribution in [0.25, 0.3) is 21.7 Å². The molecule has 2 aromatic heterocycles. The minimum atomic E-state index is 0.594. The smallest absolute Gasteiger partial charge is 0.150 e.